The summed E-state index contributed by atoms with van der Waals surface area (Å²) in [6, 6.07) is 34.3. The lowest BCUT2D eigenvalue weighted by Gasteiger charge is -2.39. The Bertz CT molecular complexity index is 1460. The highest BCUT2D eigenvalue weighted by atomic mass is 16.5. The van der Waals surface area contributed by atoms with Crippen LogP contribution in [0.3, 0.4) is 0 Å². The number of nitriles is 1. The minimum Gasteiger partial charge on any atom is -0.478 e. The van der Waals surface area contributed by atoms with Crippen molar-refractivity contribution in [3.05, 3.63) is 167 Å². The molecule has 1 aliphatic rings. The van der Waals surface area contributed by atoms with Crippen molar-refractivity contribution in [3.63, 3.8) is 0 Å². The number of aromatic nitrogens is 1. The Kier molecular flexibility index (Phi) is 6.34. The first kappa shape index (κ1) is 22.7. The van der Waals surface area contributed by atoms with E-state index in [4.69, 9.17) is 11.3 Å². The van der Waals surface area contributed by atoms with Gasteiger partial charge in [0.2, 0.25) is 0 Å². The van der Waals surface area contributed by atoms with Crippen LogP contribution in [0.15, 0.2) is 139 Å². The van der Waals surface area contributed by atoms with Crippen LogP contribution in [-0.4, -0.2) is 4.57 Å². The maximum atomic E-state index is 9.68. The molecule has 0 bridgehead atoms. The average molecular weight is 466 g/mol. The molecule has 0 unspecified atom stereocenters. The molecule has 0 fully saturated rings. The molecule has 4 heteroatoms. The molecule has 0 radical (unpaired) electrons. The Balaban J connectivity index is 1.57. The molecule has 0 atom stereocenters. The smallest absolute Gasteiger partial charge is 0.265 e. The van der Waals surface area contributed by atoms with Crippen LogP contribution < -0.4 is 0 Å². The Morgan fingerprint density at radius 2 is 1.47 bits per heavy atom. The molecule has 1 aromatic heterocycles. The van der Waals surface area contributed by atoms with E-state index in [2.05, 4.69) is 27.6 Å². The highest BCUT2D eigenvalue weighted by molar-refractivity contribution is 5.57. The molecule has 1 aliphatic heterocycles. The second-order valence-electron chi connectivity index (χ2n) is 8.50. The summed E-state index contributed by atoms with van der Waals surface area (Å²) in [6.45, 7) is 7.57. The Morgan fingerprint density at radius 1 is 0.861 bits per heavy atom. The highest BCUT2D eigenvalue weighted by Gasteiger charge is 2.40. The maximum absolute atomic E-state index is 9.68. The molecule has 2 heterocycles. The first-order chi connectivity index (χ1) is 17.7. The summed E-state index contributed by atoms with van der Waals surface area (Å²) in [5.74, 6) is 0.592. The zero-order valence-corrected chi connectivity index (χ0v) is 19.6. The van der Waals surface area contributed by atoms with E-state index >= 15 is 0 Å². The normalized spacial score (nSPS) is 15.9. The van der Waals surface area contributed by atoms with Gasteiger partial charge in [-0.25, -0.2) is 10.1 Å². The van der Waals surface area contributed by atoms with E-state index in [1.807, 2.05) is 116 Å². The van der Waals surface area contributed by atoms with Gasteiger partial charge in [0, 0.05) is 35.6 Å². The topological polar surface area (TPSA) is 42.3 Å². The molecule has 0 saturated heterocycles. The number of benzene rings is 3. The fourth-order valence-corrected chi connectivity index (χ4v) is 4.51. The van der Waals surface area contributed by atoms with E-state index in [9.17, 15) is 5.26 Å². The van der Waals surface area contributed by atoms with E-state index in [0.717, 1.165) is 22.4 Å². The third-order valence-corrected chi connectivity index (χ3v) is 6.29. The van der Waals surface area contributed by atoms with Crippen LogP contribution in [0.2, 0.25) is 0 Å². The van der Waals surface area contributed by atoms with Crippen molar-refractivity contribution in [2.45, 2.75) is 12.0 Å². The monoisotopic (exact) mass is 465 g/mol. The summed E-state index contributed by atoms with van der Waals surface area (Å²) < 4.78 is 8.80. The van der Waals surface area contributed by atoms with E-state index in [-0.39, 0.29) is 5.70 Å². The van der Waals surface area contributed by atoms with E-state index in [1.165, 1.54) is 0 Å². The van der Waals surface area contributed by atoms with E-state index in [1.54, 1.807) is 0 Å². The van der Waals surface area contributed by atoms with Crippen LogP contribution >= 0.6 is 0 Å². The predicted molar refractivity (Wildman–Crippen MR) is 141 cm³/mol. The second-order valence-corrected chi connectivity index (χ2v) is 8.50. The number of nitrogens with zero attached hydrogens (tertiary/aromatic N) is 3. The number of allylic oxidation sites excluding steroid dienone is 3. The molecular formula is C32H23N3O. The number of hydrogen-bond donors (Lipinski definition) is 0. The van der Waals surface area contributed by atoms with Gasteiger partial charge in [-0.1, -0.05) is 78.9 Å². The molecule has 172 valence electrons. The van der Waals surface area contributed by atoms with Crippen LogP contribution in [0.4, 0.5) is 0 Å². The fraction of sp³-hybridized carbons (Fsp3) is 0.0625. The molecule has 0 aliphatic carbocycles. The van der Waals surface area contributed by atoms with Gasteiger partial charge in [-0.3, -0.25) is 0 Å². The Morgan fingerprint density at radius 3 is 2.03 bits per heavy atom. The minimum absolute atomic E-state index is 0.0801. The van der Waals surface area contributed by atoms with Crippen molar-refractivity contribution in [1.29, 1.82) is 5.26 Å². The summed E-state index contributed by atoms with van der Waals surface area (Å²) in [4.78, 5) is 3.51. The van der Waals surface area contributed by atoms with Gasteiger partial charge in [0.15, 0.2) is 5.60 Å². The van der Waals surface area contributed by atoms with Crippen LogP contribution in [0.25, 0.3) is 16.6 Å². The molecule has 5 rings (SSSR count). The number of ether oxygens (including phenoxy) is 1. The van der Waals surface area contributed by atoms with E-state index in [0.29, 0.717) is 17.8 Å². The molecule has 4 nitrogen and oxygen atoms in total. The largest absolute Gasteiger partial charge is 0.478 e. The van der Waals surface area contributed by atoms with E-state index < -0.39 is 5.60 Å². The summed E-state index contributed by atoms with van der Waals surface area (Å²) in [5, 5.41) is 9.68. The lowest BCUT2D eigenvalue weighted by Crippen LogP contribution is -2.34. The van der Waals surface area contributed by atoms with Crippen molar-refractivity contribution in [1.82, 2.24) is 4.57 Å². The molecular weight excluding hydrogens is 442 g/mol. The first-order valence-corrected chi connectivity index (χ1v) is 11.7. The van der Waals surface area contributed by atoms with Gasteiger partial charge in [-0.2, -0.15) is 0 Å². The molecule has 0 N–H and O–H groups in total. The van der Waals surface area contributed by atoms with Crippen LogP contribution in [0.5, 0.6) is 0 Å². The standard InChI is InChI=1S/C32H23N3O/c1-34-31(24-33)26-22-30(19-16-25-14-17-29(18-15-25)35-20-8-9-21-35)36-32(23-26,27-10-4-2-5-11-27)28-12-6-3-7-13-28/h2-22H,23H2/b19-16+,31-26+. The zero-order chi connectivity index (χ0) is 24.8. The third kappa shape index (κ3) is 4.49. The Labute approximate surface area is 211 Å². The summed E-state index contributed by atoms with van der Waals surface area (Å²) in [7, 11) is 0. The predicted octanol–water partition coefficient (Wildman–Crippen LogP) is 7.44. The molecule has 0 saturated carbocycles. The van der Waals surface area contributed by atoms with Gasteiger partial charge in [-0.05, 0) is 47.6 Å². The molecule has 3 aromatic carbocycles. The van der Waals surface area contributed by atoms with Crippen molar-refractivity contribution >= 4 is 6.08 Å². The van der Waals surface area contributed by atoms with Gasteiger partial charge in [-0.15, -0.1) is 0 Å². The van der Waals surface area contributed by atoms with Gasteiger partial charge in [0.1, 0.15) is 5.76 Å². The molecule has 36 heavy (non-hydrogen) atoms. The lowest BCUT2D eigenvalue weighted by atomic mass is 9.79. The van der Waals surface area contributed by atoms with Gasteiger partial charge in [0.05, 0.1) is 12.6 Å². The van der Waals surface area contributed by atoms with Crippen LogP contribution in [0.1, 0.15) is 23.1 Å². The van der Waals surface area contributed by atoms with Crippen molar-refractivity contribution in [2.75, 3.05) is 0 Å². The number of rotatable bonds is 5. The second kappa shape index (κ2) is 10.1. The average Bonchev–Trinajstić information content (AvgIpc) is 3.49. The minimum atomic E-state index is -0.864. The highest BCUT2D eigenvalue weighted by Crippen LogP contribution is 2.45. The quantitative estimate of drug-likeness (QED) is 0.227. The Hall–Kier alpha value is -5.06. The fourth-order valence-electron chi connectivity index (χ4n) is 4.51. The summed E-state index contributed by atoms with van der Waals surface area (Å²) in [5.41, 5.74) is 3.90. The number of hydrogen-bond acceptors (Lipinski definition) is 2. The van der Waals surface area contributed by atoms with Crippen molar-refractivity contribution in [2.24, 2.45) is 0 Å². The zero-order valence-electron chi connectivity index (χ0n) is 19.6. The van der Waals surface area contributed by atoms with Crippen LogP contribution in [0, 0.1) is 17.9 Å². The first-order valence-electron chi connectivity index (χ1n) is 11.7. The van der Waals surface area contributed by atoms with Crippen molar-refractivity contribution in [3.8, 4) is 11.8 Å². The van der Waals surface area contributed by atoms with Gasteiger partial charge >= 0.3 is 0 Å². The van der Waals surface area contributed by atoms with Gasteiger partial charge in [0.25, 0.3) is 5.70 Å². The van der Waals surface area contributed by atoms with Gasteiger partial charge < -0.3 is 9.30 Å². The third-order valence-electron chi connectivity index (χ3n) is 6.29. The molecule has 0 spiro atoms. The maximum Gasteiger partial charge on any atom is 0.265 e. The summed E-state index contributed by atoms with van der Waals surface area (Å²) in [6.07, 6.45) is 10.1. The summed E-state index contributed by atoms with van der Waals surface area (Å²) >= 11 is 0. The lowest BCUT2D eigenvalue weighted by molar-refractivity contribution is 0.0348. The molecule has 0 amide bonds. The SMILES string of the molecule is [C-]#[N+]/C(C#N)=C1C=C(/C=C/c2ccc(-n3cccc3)cc2)OC(c2ccccc2)(c2ccccc2)C\1. The van der Waals surface area contributed by atoms with Crippen molar-refractivity contribution < 1.29 is 4.74 Å². The van der Waals surface area contributed by atoms with Crippen LogP contribution in [-0.2, 0) is 10.3 Å². The molecule has 4 aromatic rings.